The van der Waals surface area contributed by atoms with Crippen molar-refractivity contribution in [2.75, 3.05) is 0 Å². The van der Waals surface area contributed by atoms with E-state index in [1.807, 2.05) is 16.8 Å². The molecule has 0 bridgehead atoms. The molecule has 0 atom stereocenters. The van der Waals surface area contributed by atoms with Crippen molar-refractivity contribution in [2.45, 2.75) is 19.4 Å². The van der Waals surface area contributed by atoms with Crippen LogP contribution in [-0.4, -0.2) is 21.0 Å². The minimum absolute atomic E-state index is 0.175. The predicted octanol–water partition coefficient (Wildman–Crippen LogP) is 4.37. The summed E-state index contributed by atoms with van der Waals surface area (Å²) < 4.78 is 24.2. The lowest BCUT2D eigenvalue weighted by Crippen LogP contribution is -2.23. The van der Waals surface area contributed by atoms with Gasteiger partial charge in [0.25, 0.3) is 0 Å². The molecule has 3 heterocycles. The van der Waals surface area contributed by atoms with E-state index in [4.69, 9.17) is 9.26 Å². The van der Waals surface area contributed by atoms with E-state index < -0.39 is 5.82 Å². The lowest BCUT2D eigenvalue weighted by Gasteiger charge is -2.10. The largest absolute Gasteiger partial charge is 0.439 e. The molecule has 30 heavy (non-hydrogen) atoms. The Morgan fingerprint density at radius 2 is 2.17 bits per heavy atom. The first-order chi connectivity index (χ1) is 14.7. The summed E-state index contributed by atoms with van der Waals surface area (Å²) in [5, 5.41) is 10.6. The summed E-state index contributed by atoms with van der Waals surface area (Å²) in [6.45, 7) is 0.224. The number of nitrogens with one attached hydrogen (secondary N) is 1. The zero-order valence-corrected chi connectivity index (χ0v) is 16.6. The number of pyridine rings is 1. The summed E-state index contributed by atoms with van der Waals surface area (Å²) in [4.78, 5) is 20.7. The van der Waals surface area contributed by atoms with Crippen molar-refractivity contribution in [1.29, 1.82) is 0 Å². The first-order valence-electron chi connectivity index (χ1n) is 9.16. The van der Waals surface area contributed by atoms with E-state index in [0.29, 0.717) is 35.3 Å². The van der Waals surface area contributed by atoms with Crippen molar-refractivity contribution in [3.8, 4) is 23.0 Å². The van der Waals surface area contributed by atoms with Crippen LogP contribution in [-0.2, 0) is 17.8 Å². The molecule has 0 unspecified atom stereocenters. The Morgan fingerprint density at radius 1 is 1.23 bits per heavy atom. The summed E-state index contributed by atoms with van der Waals surface area (Å²) in [7, 11) is 0. The molecule has 1 aromatic carbocycles. The van der Waals surface area contributed by atoms with E-state index in [1.54, 1.807) is 41.8 Å². The van der Waals surface area contributed by atoms with E-state index in [2.05, 4.69) is 20.4 Å². The van der Waals surface area contributed by atoms with E-state index in [9.17, 15) is 9.18 Å². The molecule has 1 amide bonds. The van der Waals surface area contributed by atoms with Crippen LogP contribution in [0, 0.1) is 5.82 Å². The standard InChI is InChI=1S/C21H17FN4O3S/c22-16-4-1-5-17(11-16)28-21-14(3-2-9-23-21)12-24-18(27)6-7-19-25-20(26-29-19)15-8-10-30-13-15/h1-5,8-11,13H,6-7,12H2,(H,24,27). The Kier molecular flexibility index (Phi) is 6.09. The average Bonchev–Trinajstić information content (AvgIpc) is 3.43. The van der Waals surface area contributed by atoms with Crippen LogP contribution in [0.25, 0.3) is 11.4 Å². The van der Waals surface area contributed by atoms with Crippen LogP contribution in [0.15, 0.2) is 63.9 Å². The Morgan fingerprint density at radius 3 is 3.00 bits per heavy atom. The molecular formula is C21H17FN4O3S. The van der Waals surface area contributed by atoms with Gasteiger partial charge in [0, 0.05) is 48.2 Å². The molecule has 9 heteroatoms. The first kappa shape index (κ1) is 19.7. The Hall–Kier alpha value is -3.59. The summed E-state index contributed by atoms with van der Waals surface area (Å²) >= 11 is 1.55. The normalized spacial score (nSPS) is 10.7. The fourth-order valence-corrected chi connectivity index (χ4v) is 3.30. The molecule has 7 nitrogen and oxygen atoms in total. The van der Waals surface area contributed by atoms with Gasteiger partial charge in [0.2, 0.25) is 23.5 Å². The number of benzene rings is 1. The van der Waals surface area contributed by atoms with Crippen LogP contribution in [0.5, 0.6) is 11.6 Å². The van der Waals surface area contributed by atoms with Gasteiger partial charge in [-0.1, -0.05) is 17.3 Å². The lowest BCUT2D eigenvalue weighted by molar-refractivity contribution is -0.121. The number of thiophene rings is 1. The predicted molar refractivity (Wildman–Crippen MR) is 108 cm³/mol. The van der Waals surface area contributed by atoms with Crippen molar-refractivity contribution < 1.29 is 18.4 Å². The van der Waals surface area contributed by atoms with E-state index in [0.717, 1.165) is 5.56 Å². The van der Waals surface area contributed by atoms with E-state index in [-0.39, 0.29) is 18.9 Å². The molecule has 0 aliphatic heterocycles. The number of halogens is 1. The number of hydrogen-bond acceptors (Lipinski definition) is 7. The molecule has 0 fully saturated rings. The minimum Gasteiger partial charge on any atom is -0.439 e. The second-order valence-corrected chi connectivity index (χ2v) is 7.11. The first-order valence-corrected chi connectivity index (χ1v) is 10.1. The zero-order valence-electron chi connectivity index (χ0n) is 15.7. The summed E-state index contributed by atoms with van der Waals surface area (Å²) in [6.07, 6.45) is 2.11. The third kappa shape index (κ3) is 5.06. The van der Waals surface area contributed by atoms with Crippen molar-refractivity contribution in [3.05, 3.63) is 76.7 Å². The molecule has 4 aromatic rings. The molecule has 0 saturated carbocycles. The molecule has 0 spiro atoms. The van der Waals surface area contributed by atoms with Gasteiger partial charge in [-0.25, -0.2) is 9.37 Å². The third-order valence-electron chi connectivity index (χ3n) is 4.15. The van der Waals surface area contributed by atoms with Crippen molar-refractivity contribution in [3.63, 3.8) is 0 Å². The van der Waals surface area contributed by atoms with Crippen molar-refractivity contribution >= 4 is 17.2 Å². The van der Waals surface area contributed by atoms with Gasteiger partial charge in [-0.05, 0) is 29.6 Å². The van der Waals surface area contributed by atoms with Gasteiger partial charge in [0.05, 0.1) is 0 Å². The van der Waals surface area contributed by atoms with Crippen LogP contribution >= 0.6 is 11.3 Å². The SMILES string of the molecule is O=C(CCc1nc(-c2ccsc2)no1)NCc1cccnc1Oc1cccc(F)c1. The van der Waals surface area contributed by atoms with Crippen molar-refractivity contribution in [2.24, 2.45) is 0 Å². The summed E-state index contributed by atoms with van der Waals surface area (Å²) in [5.41, 5.74) is 1.56. The fourth-order valence-electron chi connectivity index (χ4n) is 2.66. The number of ether oxygens (including phenoxy) is 1. The molecule has 0 saturated heterocycles. The highest BCUT2D eigenvalue weighted by Gasteiger charge is 2.12. The molecular weight excluding hydrogens is 407 g/mol. The zero-order chi connectivity index (χ0) is 20.8. The van der Waals surface area contributed by atoms with Crippen LogP contribution in [0.1, 0.15) is 17.9 Å². The molecule has 1 N–H and O–H groups in total. The van der Waals surface area contributed by atoms with Crippen LogP contribution in [0.3, 0.4) is 0 Å². The monoisotopic (exact) mass is 424 g/mol. The summed E-state index contributed by atoms with van der Waals surface area (Å²) in [5.74, 6) is 0.983. The van der Waals surface area contributed by atoms with Gasteiger partial charge in [-0.2, -0.15) is 16.3 Å². The van der Waals surface area contributed by atoms with Crippen LogP contribution < -0.4 is 10.1 Å². The van der Waals surface area contributed by atoms with E-state index >= 15 is 0 Å². The molecule has 0 aliphatic rings. The highest BCUT2D eigenvalue weighted by molar-refractivity contribution is 7.08. The maximum absolute atomic E-state index is 13.4. The minimum atomic E-state index is -0.401. The molecule has 4 rings (SSSR count). The number of nitrogens with zero attached hydrogens (tertiary/aromatic N) is 3. The average molecular weight is 424 g/mol. The number of carbonyl (C=O) groups is 1. The molecule has 0 aliphatic carbocycles. The van der Waals surface area contributed by atoms with Gasteiger partial charge in [0.15, 0.2) is 0 Å². The summed E-state index contributed by atoms with van der Waals surface area (Å²) in [6, 6.07) is 11.2. The van der Waals surface area contributed by atoms with Crippen LogP contribution in [0.4, 0.5) is 4.39 Å². The van der Waals surface area contributed by atoms with Gasteiger partial charge < -0.3 is 14.6 Å². The van der Waals surface area contributed by atoms with Gasteiger partial charge in [-0.15, -0.1) is 0 Å². The second-order valence-electron chi connectivity index (χ2n) is 6.33. The lowest BCUT2D eigenvalue weighted by atomic mass is 10.2. The molecule has 3 aromatic heterocycles. The number of aryl methyl sites for hydroxylation is 1. The van der Waals surface area contributed by atoms with Gasteiger partial charge in [0.1, 0.15) is 11.6 Å². The number of amides is 1. The van der Waals surface area contributed by atoms with E-state index in [1.165, 1.54) is 12.1 Å². The van der Waals surface area contributed by atoms with Gasteiger partial charge >= 0.3 is 0 Å². The molecule has 152 valence electrons. The maximum Gasteiger partial charge on any atom is 0.227 e. The third-order valence-corrected chi connectivity index (χ3v) is 4.83. The Labute approximate surface area is 175 Å². The van der Waals surface area contributed by atoms with Gasteiger partial charge in [-0.3, -0.25) is 4.79 Å². The Balaban J connectivity index is 1.31. The molecule has 0 radical (unpaired) electrons. The van der Waals surface area contributed by atoms with Crippen molar-refractivity contribution in [1.82, 2.24) is 20.4 Å². The fraction of sp³-hybridized carbons (Fsp3) is 0.143. The quantitative estimate of drug-likeness (QED) is 0.452. The Bertz CT molecular complexity index is 1130. The number of carbonyl (C=O) groups excluding carboxylic acids is 1. The number of aromatic nitrogens is 3. The topological polar surface area (TPSA) is 90.1 Å². The second kappa shape index (κ2) is 9.27. The highest BCUT2D eigenvalue weighted by Crippen LogP contribution is 2.23. The maximum atomic E-state index is 13.4. The van der Waals surface area contributed by atoms with Crippen LogP contribution in [0.2, 0.25) is 0 Å². The smallest absolute Gasteiger partial charge is 0.227 e. The number of rotatable bonds is 8. The number of hydrogen-bond donors (Lipinski definition) is 1. The highest BCUT2D eigenvalue weighted by atomic mass is 32.1.